The molecule has 2 N–H and O–H groups in total. The Morgan fingerprint density at radius 1 is 1.33 bits per heavy atom. The van der Waals surface area contributed by atoms with Crippen LogP contribution in [0.4, 0.5) is 5.95 Å². The molecule has 6 nitrogen and oxygen atoms in total. The molecule has 15 heavy (non-hydrogen) atoms. The van der Waals surface area contributed by atoms with E-state index in [4.69, 9.17) is 5.73 Å². The average Bonchev–Trinajstić information content (AvgIpc) is 2.43. The van der Waals surface area contributed by atoms with Crippen LogP contribution in [-0.4, -0.2) is 21.7 Å². The number of amides is 1. The first-order chi connectivity index (χ1) is 7.06. The SMILES string of the molecule is Cc1cc(C)nc(N2N=C(N)CC2=O)n1. The Hall–Kier alpha value is -1.98. The van der Waals surface area contributed by atoms with Crippen LogP contribution in [0.25, 0.3) is 0 Å². The molecule has 0 aliphatic carbocycles. The first kappa shape index (κ1) is 9.57. The van der Waals surface area contributed by atoms with Gasteiger partial charge in [0.25, 0.3) is 11.9 Å². The largest absolute Gasteiger partial charge is 0.385 e. The lowest BCUT2D eigenvalue weighted by atomic mass is 10.3. The normalized spacial score (nSPS) is 15.7. The zero-order valence-electron chi connectivity index (χ0n) is 8.56. The van der Waals surface area contributed by atoms with Gasteiger partial charge in [0, 0.05) is 11.4 Å². The molecule has 0 saturated heterocycles. The maximum atomic E-state index is 11.5. The van der Waals surface area contributed by atoms with E-state index in [-0.39, 0.29) is 18.3 Å². The van der Waals surface area contributed by atoms with Gasteiger partial charge in [0.1, 0.15) is 5.84 Å². The van der Waals surface area contributed by atoms with Crippen molar-refractivity contribution in [2.75, 3.05) is 5.01 Å². The third kappa shape index (κ3) is 1.78. The summed E-state index contributed by atoms with van der Waals surface area (Å²) in [5.41, 5.74) is 7.06. The zero-order valence-corrected chi connectivity index (χ0v) is 8.56. The molecule has 0 spiro atoms. The Morgan fingerprint density at radius 3 is 2.40 bits per heavy atom. The molecule has 0 unspecified atom stereocenters. The van der Waals surface area contributed by atoms with Gasteiger partial charge in [-0.05, 0) is 19.9 Å². The second-order valence-corrected chi connectivity index (χ2v) is 3.42. The molecule has 1 aromatic heterocycles. The zero-order chi connectivity index (χ0) is 11.0. The Labute approximate surface area is 86.8 Å². The van der Waals surface area contributed by atoms with E-state index >= 15 is 0 Å². The standard InChI is InChI=1S/C9H11N5O/c1-5-3-6(2)12-9(11-5)14-8(15)4-7(10)13-14/h3H,4H2,1-2H3,(H2,10,13). The van der Waals surface area contributed by atoms with Crippen molar-refractivity contribution < 1.29 is 4.79 Å². The molecular weight excluding hydrogens is 194 g/mol. The smallest absolute Gasteiger partial charge is 0.257 e. The minimum atomic E-state index is -0.197. The van der Waals surface area contributed by atoms with Crippen LogP contribution < -0.4 is 10.7 Å². The van der Waals surface area contributed by atoms with Gasteiger partial charge >= 0.3 is 0 Å². The van der Waals surface area contributed by atoms with Crippen LogP contribution in [0, 0.1) is 13.8 Å². The monoisotopic (exact) mass is 205 g/mol. The van der Waals surface area contributed by atoms with Crippen LogP contribution >= 0.6 is 0 Å². The highest BCUT2D eigenvalue weighted by molar-refractivity contribution is 6.10. The summed E-state index contributed by atoms with van der Waals surface area (Å²) in [4.78, 5) is 19.7. The molecule has 0 fully saturated rings. The number of rotatable bonds is 1. The molecule has 0 atom stereocenters. The van der Waals surface area contributed by atoms with Gasteiger partial charge in [-0.15, -0.1) is 5.10 Å². The summed E-state index contributed by atoms with van der Waals surface area (Å²) in [6, 6.07) is 1.83. The van der Waals surface area contributed by atoms with E-state index in [1.54, 1.807) is 0 Å². The topological polar surface area (TPSA) is 84.5 Å². The number of nitrogens with two attached hydrogens (primary N) is 1. The number of hydrazone groups is 1. The van der Waals surface area contributed by atoms with Crippen LogP contribution in [0.15, 0.2) is 11.2 Å². The van der Waals surface area contributed by atoms with Crippen LogP contribution in [0.3, 0.4) is 0 Å². The first-order valence-corrected chi connectivity index (χ1v) is 4.54. The minimum absolute atomic E-state index is 0.135. The summed E-state index contributed by atoms with van der Waals surface area (Å²) < 4.78 is 0. The molecule has 1 aliphatic rings. The Balaban J connectivity index is 2.41. The third-order valence-corrected chi connectivity index (χ3v) is 1.96. The van der Waals surface area contributed by atoms with E-state index in [0.717, 1.165) is 16.4 Å². The Morgan fingerprint density at radius 2 is 1.93 bits per heavy atom. The van der Waals surface area contributed by atoms with E-state index in [2.05, 4.69) is 15.1 Å². The highest BCUT2D eigenvalue weighted by Gasteiger charge is 2.25. The lowest BCUT2D eigenvalue weighted by Crippen LogP contribution is -2.22. The quantitative estimate of drug-likeness (QED) is 0.704. The molecule has 2 rings (SSSR count). The van der Waals surface area contributed by atoms with Crippen LogP contribution in [-0.2, 0) is 4.79 Å². The van der Waals surface area contributed by atoms with Gasteiger partial charge in [-0.2, -0.15) is 5.01 Å². The van der Waals surface area contributed by atoms with Gasteiger partial charge in [0.2, 0.25) is 0 Å². The molecule has 2 heterocycles. The Kier molecular flexibility index (Phi) is 2.11. The maximum absolute atomic E-state index is 11.5. The van der Waals surface area contributed by atoms with Gasteiger partial charge in [0.15, 0.2) is 0 Å². The lowest BCUT2D eigenvalue weighted by molar-refractivity contribution is -0.117. The number of aromatic nitrogens is 2. The van der Waals surface area contributed by atoms with Crippen LogP contribution in [0.1, 0.15) is 17.8 Å². The number of carbonyl (C=O) groups excluding carboxylic acids is 1. The number of carbonyl (C=O) groups is 1. The fourth-order valence-electron chi connectivity index (χ4n) is 1.41. The number of aryl methyl sites for hydroxylation is 2. The molecule has 1 aromatic rings. The van der Waals surface area contributed by atoms with Crippen molar-refractivity contribution >= 4 is 17.7 Å². The predicted molar refractivity (Wildman–Crippen MR) is 55.2 cm³/mol. The van der Waals surface area contributed by atoms with Crippen molar-refractivity contribution in [1.82, 2.24) is 9.97 Å². The summed E-state index contributed by atoms with van der Waals surface area (Å²) in [5, 5.41) is 5.02. The van der Waals surface area contributed by atoms with Crippen molar-refractivity contribution in [2.45, 2.75) is 20.3 Å². The van der Waals surface area contributed by atoms with Crippen molar-refractivity contribution in [3.63, 3.8) is 0 Å². The average molecular weight is 205 g/mol. The van der Waals surface area contributed by atoms with Gasteiger partial charge in [0.05, 0.1) is 6.42 Å². The van der Waals surface area contributed by atoms with Crippen molar-refractivity contribution in [1.29, 1.82) is 0 Å². The number of hydrogen-bond donors (Lipinski definition) is 1. The number of hydrogen-bond acceptors (Lipinski definition) is 5. The minimum Gasteiger partial charge on any atom is -0.385 e. The molecule has 0 aromatic carbocycles. The van der Waals surface area contributed by atoms with Gasteiger partial charge in [-0.1, -0.05) is 0 Å². The molecule has 0 saturated carbocycles. The summed E-state index contributed by atoms with van der Waals surface area (Å²) >= 11 is 0. The van der Waals surface area contributed by atoms with Crippen molar-refractivity contribution in [2.24, 2.45) is 10.8 Å². The second kappa shape index (κ2) is 3.30. The van der Waals surface area contributed by atoms with E-state index < -0.39 is 0 Å². The fourth-order valence-corrected chi connectivity index (χ4v) is 1.41. The summed E-state index contributed by atoms with van der Waals surface area (Å²) in [6.07, 6.45) is 0.135. The Bertz CT molecular complexity index is 434. The molecule has 0 bridgehead atoms. The van der Waals surface area contributed by atoms with Crippen LogP contribution in [0.5, 0.6) is 0 Å². The fraction of sp³-hybridized carbons (Fsp3) is 0.333. The molecule has 1 aliphatic heterocycles. The number of anilines is 1. The summed E-state index contributed by atoms with van der Waals surface area (Å²) in [7, 11) is 0. The van der Waals surface area contributed by atoms with E-state index in [1.165, 1.54) is 0 Å². The van der Waals surface area contributed by atoms with Crippen molar-refractivity contribution in [3.8, 4) is 0 Å². The lowest BCUT2D eigenvalue weighted by Gasteiger charge is -2.09. The summed E-state index contributed by atoms with van der Waals surface area (Å²) in [5.74, 6) is 0.387. The van der Waals surface area contributed by atoms with Crippen LogP contribution in [0.2, 0.25) is 0 Å². The highest BCUT2D eigenvalue weighted by Crippen LogP contribution is 2.15. The predicted octanol–water partition coefficient (Wildman–Crippen LogP) is 0.102. The maximum Gasteiger partial charge on any atom is 0.257 e. The number of nitrogens with zero attached hydrogens (tertiary/aromatic N) is 4. The number of amidine groups is 1. The van der Waals surface area contributed by atoms with Crippen molar-refractivity contribution in [3.05, 3.63) is 17.5 Å². The molecular formula is C9H11N5O. The van der Waals surface area contributed by atoms with E-state index in [0.29, 0.717) is 5.84 Å². The highest BCUT2D eigenvalue weighted by atomic mass is 16.2. The second-order valence-electron chi connectivity index (χ2n) is 3.42. The van der Waals surface area contributed by atoms with Gasteiger partial charge < -0.3 is 5.73 Å². The third-order valence-electron chi connectivity index (χ3n) is 1.96. The molecule has 0 radical (unpaired) electrons. The van der Waals surface area contributed by atoms with E-state index in [9.17, 15) is 4.79 Å². The van der Waals surface area contributed by atoms with E-state index in [1.807, 2.05) is 19.9 Å². The molecule has 1 amide bonds. The summed E-state index contributed by atoms with van der Waals surface area (Å²) in [6.45, 7) is 3.68. The van der Waals surface area contributed by atoms with Gasteiger partial charge in [-0.25, -0.2) is 9.97 Å². The molecule has 78 valence electrons. The molecule has 6 heteroatoms. The first-order valence-electron chi connectivity index (χ1n) is 4.54. The van der Waals surface area contributed by atoms with Gasteiger partial charge in [-0.3, -0.25) is 4.79 Å².